The van der Waals surface area contributed by atoms with Crippen LogP contribution >= 0.6 is 0 Å². The van der Waals surface area contributed by atoms with Crippen LogP contribution in [-0.4, -0.2) is 29.2 Å². The topological polar surface area (TPSA) is 73.1 Å². The first-order valence-electron chi connectivity index (χ1n) is 5.16. The molecule has 0 bridgehead atoms. The van der Waals surface area contributed by atoms with Gasteiger partial charge in [-0.25, -0.2) is 0 Å². The maximum absolute atomic E-state index is 5.63. The Morgan fingerprint density at radius 2 is 2.33 bits per heavy atom. The van der Waals surface area contributed by atoms with E-state index >= 15 is 0 Å². The molecule has 0 amide bonds. The van der Waals surface area contributed by atoms with Crippen molar-refractivity contribution in [3.63, 3.8) is 0 Å². The first-order valence-corrected chi connectivity index (χ1v) is 5.16. The predicted molar refractivity (Wildman–Crippen MR) is 60.0 cm³/mol. The normalized spacial score (nSPS) is 12.2. The van der Waals surface area contributed by atoms with E-state index in [1.165, 1.54) is 0 Å². The lowest BCUT2D eigenvalue weighted by Gasteiger charge is -2.08. The number of nitrogens with zero attached hydrogens (tertiary/aromatic N) is 2. The third-order valence-electron chi connectivity index (χ3n) is 1.81. The van der Waals surface area contributed by atoms with Crippen molar-refractivity contribution in [3.8, 4) is 5.88 Å². The summed E-state index contributed by atoms with van der Waals surface area (Å²) in [6, 6.07) is 0.195. The van der Waals surface area contributed by atoms with Crippen LogP contribution in [-0.2, 0) is 0 Å². The molecule has 0 aromatic carbocycles. The highest BCUT2D eigenvalue weighted by atomic mass is 16.5. The molecule has 1 unspecified atom stereocenters. The van der Waals surface area contributed by atoms with Gasteiger partial charge in [0.15, 0.2) is 0 Å². The van der Waals surface area contributed by atoms with E-state index in [1.807, 2.05) is 13.8 Å². The molecule has 1 aromatic heterocycles. The number of nitrogens with two attached hydrogens (primary N) is 1. The lowest BCUT2D eigenvalue weighted by Crippen LogP contribution is -2.19. The monoisotopic (exact) mass is 210 g/mol. The van der Waals surface area contributed by atoms with Crippen molar-refractivity contribution in [1.29, 1.82) is 0 Å². The standard InChI is InChI=1S/C10H18N4O/c1-3-15-10-7-12-6-9(14-10)13-5-4-8(2)11/h6-8H,3-5,11H2,1-2H3,(H,13,14). The predicted octanol–water partition coefficient (Wildman–Crippen LogP) is 1.02. The number of anilines is 1. The molecule has 1 atom stereocenters. The highest BCUT2D eigenvalue weighted by Gasteiger charge is 1.99. The number of nitrogens with one attached hydrogen (secondary N) is 1. The van der Waals surface area contributed by atoms with Crippen molar-refractivity contribution in [1.82, 2.24) is 9.97 Å². The van der Waals surface area contributed by atoms with Crippen molar-refractivity contribution in [2.75, 3.05) is 18.5 Å². The number of hydrogen-bond acceptors (Lipinski definition) is 5. The Kier molecular flexibility index (Phi) is 4.83. The van der Waals surface area contributed by atoms with E-state index in [2.05, 4.69) is 15.3 Å². The van der Waals surface area contributed by atoms with Crippen LogP contribution in [0.5, 0.6) is 5.88 Å². The van der Waals surface area contributed by atoms with Gasteiger partial charge in [0.05, 0.1) is 19.0 Å². The maximum Gasteiger partial charge on any atom is 0.234 e. The second-order valence-electron chi connectivity index (χ2n) is 3.37. The van der Waals surface area contributed by atoms with Crippen LogP contribution in [0.4, 0.5) is 5.82 Å². The fraction of sp³-hybridized carbons (Fsp3) is 0.600. The van der Waals surface area contributed by atoms with Gasteiger partial charge in [-0.1, -0.05) is 0 Å². The SMILES string of the molecule is CCOc1cncc(NCCC(C)N)n1. The smallest absolute Gasteiger partial charge is 0.234 e. The molecule has 1 rings (SSSR count). The average Bonchev–Trinajstić information content (AvgIpc) is 2.18. The molecule has 1 heterocycles. The van der Waals surface area contributed by atoms with Gasteiger partial charge in [-0.15, -0.1) is 0 Å². The zero-order chi connectivity index (χ0) is 11.1. The Balaban J connectivity index is 2.43. The Hall–Kier alpha value is -1.36. The summed E-state index contributed by atoms with van der Waals surface area (Å²) < 4.78 is 5.24. The molecule has 5 heteroatoms. The van der Waals surface area contributed by atoms with E-state index in [0.29, 0.717) is 12.5 Å². The third kappa shape index (κ3) is 4.60. The molecule has 0 saturated carbocycles. The van der Waals surface area contributed by atoms with Crippen molar-refractivity contribution in [3.05, 3.63) is 12.4 Å². The van der Waals surface area contributed by atoms with E-state index in [9.17, 15) is 0 Å². The fourth-order valence-corrected chi connectivity index (χ4v) is 1.08. The summed E-state index contributed by atoms with van der Waals surface area (Å²) in [5.74, 6) is 1.27. The van der Waals surface area contributed by atoms with Crippen LogP contribution in [0.3, 0.4) is 0 Å². The molecule has 0 aliphatic heterocycles. The molecule has 0 saturated heterocycles. The minimum atomic E-state index is 0.195. The van der Waals surface area contributed by atoms with Crippen LogP contribution in [0, 0.1) is 0 Å². The molecule has 0 radical (unpaired) electrons. The highest BCUT2D eigenvalue weighted by Crippen LogP contribution is 2.08. The Bertz CT molecular complexity index is 291. The highest BCUT2D eigenvalue weighted by molar-refractivity contribution is 5.32. The van der Waals surface area contributed by atoms with Crippen LogP contribution in [0.1, 0.15) is 20.3 Å². The van der Waals surface area contributed by atoms with Gasteiger partial charge in [-0.05, 0) is 20.3 Å². The Morgan fingerprint density at radius 3 is 3.00 bits per heavy atom. The van der Waals surface area contributed by atoms with Gasteiger partial charge < -0.3 is 15.8 Å². The van der Waals surface area contributed by atoms with Crippen LogP contribution in [0.2, 0.25) is 0 Å². The van der Waals surface area contributed by atoms with Crippen LogP contribution in [0.25, 0.3) is 0 Å². The lowest BCUT2D eigenvalue weighted by molar-refractivity contribution is 0.325. The Morgan fingerprint density at radius 1 is 1.53 bits per heavy atom. The summed E-state index contributed by atoms with van der Waals surface area (Å²) in [6.45, 7) is 5.28. The van der Waals surface area contributed by atoms with E-state index in [4.69, 9.17) is 10.5 Å². The van der Waals surface area contributed by atoms with Crippen molar-refractivity contribution in [2.45, 2.75) is 26.3 Å². The summed E-state index contributed by atoms with van der Waals surface area (Å²) in [5, 5.41) is 3.14. The van der Waals surface area contributed by atoms with E-state index in [-0.39, 0.29) is 6.04 Å². The zero-order valence-corrected chi connectivity index (χ0v) is 9.23. The van der Waals surface area contributed by atoms with Gasteiger partial charge in [0.25, 0.3) is 0 Å². The molecule has 5 nitrogen and oxygen atoms in total. The van der Waals surface area contributed by atoms with Crippen molar-refractivity contribution in [2.24, 2.45) is 5.73 Å². The van der Waals surface area contributed by atoms with Gasteiger partial charge in [0.1, 0.15) is 5.82 Å². The number of ether oxygens (including phenoxy) is 1. The molecule has 0 spiro atoms. The van der Waals surface area contributed by atoms with E-state index in [1.54, 1.807) is 12.4 Å². The Labute approximate surface area is 90.1 Å². The number of hydrogen-bond donors (Lipinski definition) is 2. The van der Waals surface area contributed by atoms with Crippen LogP contribution < -0.4 is 15.8 Å². The molecule has 0 fully saturated rings. The first kappa shape index (κ1) is 11.7. The van der Waals surface area contributed by atoms with Gasteiger partial charge >= 0.3 is 0 Å². The minimum absolute atomic E-state index is 0.195. The van der Waals surface area contributed by atoms with Crippen LogP contribution in [0.15, 0.2) is 12.4 Å². The van der Waals surface area contributed by atoms with E-state index in [0.717, 1.165) is 18.8 Å². The molecule has 0 aliphatic rings. The van der Waals surface area contributed by atoms with Gasteiger partial charge in [-0.3, -0.25) is 4.98 Å². The maximum atomic E-state index is 5.63. The minimum Gasteiger partial charge on any atom is -0.477 e. The van der Waals surface area contributed by atoms with Gasteiger partial charge in [-0.2, -0.15) is 4.98 Å². The zero-order valence-electron chi connectivity index (χ0n) is 9.23. The molecule has 0 aliphatic carbocycles. The first-order chi connectivity index (χ1) is 7.22. The van der Waals surface area contributed by atoms with Crippen molar-refractivity contribution < 1.29 is 4.74 Å². The summed E-state index contributed by atoms with van der Waals surface area (Å²) in [6.07, 6.45) is 4.17. The molecule has 84 valence electrons. The largest absolute Gasteiger partial charge is 0.477 e. The molecular formula is C10H18N4O. The number of rotatable bonds is 6. The molecule has 15 heavy (non-hydrogen) atoms. The van der Waals surface area contributed by atoms with E-state index < -0.39 is 0 Å². The summed E-state index contributed by atoms with van der Waals surface area (Å²) in [7, 11) is 0. The fourth-order valence-electron chi connectivity index (χ4n) is 1.08. The number of aromatic nitrogens is 2. The second kappa shape index (κ2) is 6.19. The quantitative estimate of drug-likeness (QED) is 0.733. The van der Waals surface area contributed by atoms with Gasteiger partial charge in [0, 0.05) is 12.6 Å². The van der Waals surface area contributed by atoms with Gasteiger partial charge in [0.2, 0.25) is 5.88 Å². The summed E-state index contributed by atoms with van der Waals surface area (Å²) in [5.41, 5.74) is 5.63. The molecule has 1 aromatic rings. The molecule has 3 N–H and O–H groups in total. The van der Waals surface area contributed by atoms with Crippen molar-refractivity contribution >= 4 is 5.82 Å². The lowest BCUT2D eigenvalue weighted by atomic mass is 10.2. The second-order valence-corrected chi connectivity index (χ2v) is 3.37. The molecular weight excluding hydrogens is 192 g/mol. The summed E-state index contributed by atoms with van der Waals surface area (Å²) in [4.78, 5) is 8.24. The average molecular weight is 210 g/mol. The third-order valence-corrected chi connectivity index (χ3v) is 1.81. The summed E-state index contributed by atoms with van der Waals surface area (Å²) >= 11 is 0.